The van der Waals surface area contributed by atoms with Crippen molar-refractivity contribution >= 4 is 28.3 Å². The molecule has 0 amide bonds. The van der Waals surface area contributed by atoms with Crippen molar-refractivity contribution in [1.82, 2.24) is 9.78 Å². The highest BCUT2D eigenvalue weighted by atomic mass is 35.5. The number of Topliss-reactive ketones (excluding diaryl/α,β-unsaturated/α-hetero) is 1. The number of rotatable bonds is 5. The molecule has 4 aliphatic carbocycles. The molecule has 2 aromatic rings. The van der Waals surface area contributed by atoms with Crippen molar-refractivity contribution in [3.63, 3.8) is 0 Å². The molecule has 8 atom stereocenters. The Hall–Kier alpha value is -1.43. The maximum absolute atomic E-state index is 13.7. The van der Waals surface area contributed by atoms with Gasteiger partial charge in [-0.3, -0.25) is 9.48 Å². The molecule has 36 heavy (non-hydrogen) atoms. The lowest BCUT2D eigenvalue weighted by atomic mass is 9.43. The van der Waals surface area contributed by atoms with Gasteiger partial charge in [0, 0.05) is 29.6 Å². The SMILES string of the molecule is COC[C@]12CC[C@@](C)(O)C[C@@H]1CC[C@H]1[C@@H]3CC[C@H](C(=O)Cn4cc5cc(Cl)ccc5n4)[C@@]3(C)CC[C@@H]12. The number of ether oxygens (including phenoxy) is 1. The van der Waals surface area contributed by atoms with Crippen LogP contribution >= 0.6 is 11.6 Å². The van der Waals surface area contributed by atoms with E-state index in [9.17, 15) is 9.90 Å². The van der Waals surface area contributed by atoms with E-state index in [-0.39, 0.29) is 16.7 Å². The summed E-state index contributed by atoms with van der Waals surface area (Å²) in [5.74, 6) is 2.94. The Morgan fingerprint density at radius 3 is 2.78 bits per heavy atom. The van der Waals surface area contributed by atoms with Gasteiger partial charge < -0.3 is 9.84 Å². The molecule has 6 rings (SSSR count). The van der Waals surface area contributed by atoms with Gasteiger partial charge in [0.15, 0.2) is 5.78 Å². The highest BCUT2D eigenvalue weighted by Gasteiger charge is 2.63. The molecule has 0 aliphatic heterocycles. The van der Waals surface area contributed by atoms with Gasteiger partial charge in [-0.05, 0) is 117 Å². The third-order valence-electron chi connectivity index (χ3n) is 11.3. The van der Waals surface area contributed by atoms with E-state index < -0.39 is 5.60 Å². The fourth-order valence-electron chi connectivity index (χ4n) is 9.71. The molecule has 0 saturated heterocycles. The second kappa shape index (κ2) is 8.81. The number of carbonyl (C=O) groups excluding carboxylic acids is 1. The highest BCUT2D eigenvalue weighted by molar-refractivity contribution is 6.31. The summed E-state index contributed by atoms with van der Waals surface area (Å²) in [5.41, 5.74) is 0.621. The summed E-state index contributed by atoms with van der Waals surface area (Å²) in [7, 11) is 1.85. The average molecular weight is 513 g/mol. The molecule has 6 heteroatoms. The summed E-state index contributed by atoms with van der Waals surface area (Å²) in [6.45, 7) is 5.61. The predicted octanol–water partition coefficient (Wildman–Crippen LogP) is 6.30. The van der Waals surface area contributed by atoms with Crippen LogP contribution in [0, 0.1) is 40.4 Å². The van der Waals surface area contributed by atoms with Gasteiger partial charge in [-0.25, -0.2) is 0 Å². The first-order valence-electron chi connectivity index (χ1n) is 14.0. The van der Waals surface area contributed by atoms with Crippen LogP contribution < -0.4 is 0 Å². The molecule has 1 heterocycles. The lowest BCUT2D eigenvalue weighted by Gasteiger charge is -2.62. The van der Waals surface area contributed by atoms with E-state index in [0.29, 0.717) is 41.0 Å². The number of fused-ring (bicyclic) bond motifs is 6. The number of nitrogens with zero attached hydrogens (tertiary/aromatic N) is 2. The summed E-state index contributed by atoms with van der Waals surface area (Å²) in [6.07, 6.45) is 11.7. The second-order valence-corrected chi connectivity index (χ2v) is 13.6. The zero-order valence-electron chi connectivity index (χ0n) is 22.0. The molecule has 1 aromatic carbocycles. The molecular formula is C30H41ClN2O3. The Bertz CT molecular complexity index is 1160. The zero-order chi connectivity index (χ0) is 25.3. The first kappa shape index (κ1) is 24.9. The van der Waals surface area contributed by atoms with E-state index >= 15 is 0 Å². The summed E-state index contributed by atoms with van der Waals surface area (Å²) >= 11 is 6.15. The van der Waals surface area contributed by atoms with Crippen LogP contribution in [0.2, 0.25) is 5.02 Å². The second-order valence-electron chi connectivity index (χ2n) is 13.2. The van der Waals surface area contributed by atoms with Crippen molar-refractivity contribution in [2.24, 2.45) is 40.4 Å². The first-order chi connectivity index (χ1) is 17.1. The Labute approximate surface area is 219 Å². The summed E-state index contributed by atoms with van der Waals surface area (Å²) in [6, 6.07) is 5.68. The minimum Gasteiger partial charge on any atom is -0.390 e. The van der Waals surface area contributed by atoms with Crippen LogP contribution in [0.3, 0.4) is 0 Å². The van der Waals surface area contributed by atoms with Crippen molar-refractivity contribution in [3.05, 3.63) is 29.4 Å². The topological polar surface area (TPSA) is 64.3 Å². The van der Waals surface area contributed by atoms with E-state index in [1.54, 1.807) is 0 Å². The first-order valence-corrected chi connectivity index (χ1v) is 14.4. The smallest absolute Gasteiger partial charge is 0.157 e. The van der Waals surface area contributed by atoms with Gasteiger partial charge in [0.2, 0.25) is 0 Å². The highest BCUT2D eigenvalue weighted by Crippen LogP contribution is 2.68. The molecule has 1 N–H and O–H groups in total. The van der Waals surface area contributed by atoms with Crippen LogP contribution in [-0.2, 0) is 16.1 Å². The van der Waals surface area contributed by atoms with Crippen molar-refractivity contribution in [1.29, 1.82) is 0 Å². The van der Waals surface area contributed by atoms with Crippen LogP contribution in [0.5, 0.6) is 0 Å². The van der Waals surface area contributed by atoms with Crippen LogP contribution in [0.15, 0.2) is 24.4 Å². The number of methoxy groups -OCH3 is 1. The number of hydrogen-bond donors (Lipinski definition) is 1. The van der Waals surface area contributed by atoms with E-state index in [0.717, 1.165) is 56.0 Å². The maximum atomic E-state index is 13.7. The van der Waals surface area contributed by atoms with E-state index in [1.165, 1.54) is 19.3 Å². The molecule has 0 spiro atoms. The molecule has 0 radical (unpaired) electrons. The summed E-state index contributed by atoms with van der Waals surface area (Å²) < 4.78 is 7.72. The largest absolute Gasteiger partial charge is 0.390 e. The van der Waals surface area contributed by atoms with E-state index in [2.05, 4.69) is 12.0 Å². The van der Waals surface area contributed by atoms with Crippen molar-refractivity contribution in [3.8, 4) is 0 Å². The summed E-state index contributed by atoms with van der Waals surface area (Å²) in [5, 5.41) is 17.2. The van der Waals surface area contributed by atoms with Crippen LogP contribution in [-0.4, -0.2) is 40.0 Å². The molecule has 5 nitrogen and oxygen atoms in total. The summed E-state index contributed by atoms with van der Waals surface area (Å²) in [4.78, 5) is 13.7. The normalized spacial score (nSPS) is 42.1. The van der Waals surface area contributed by atoms with Gasteiger partial charge in [-0.15, -0.1) is 0 Å². The van der Waals surface area contributed by atoms with E-state index in [1.807, 2.05) is 43.1 Å². The van der Waals surface area contributed by atoms with Crippen molar-refractivity contribution < 1.29 is 14.6 Å². The van der Waals surface area contributed by atoms with Crippen molar-refractivity contribution in [2.45, 2.75) is 83.8 Å². The zero-order valence-corrected chi connectivity index (χ0v) is 22.8. The average Bonchev–Trinajstić information content (AvgIpc) is 3.38. The number of ketones is 1. The number of aromatic nitrogens is 2. The quantitative estimate of drug-likeness (QED) is 0.511. The molecule has 4 aliphatic rings. The minimum atomic E-state index is -0.536. The molecule has 0 bridgehead atoms. The molecule has 4 saturated carbocycles. The monoisotopic (exact) mass is 512 g/mol. The maximum Gasteiger partial charge on any atom is 0.157 e. The molecule has 0 unspecified atom stereocenters. The fraction of sp³-hybridized carbons (Fsp3) is 0.733. The van der Waals surface area contributed by atoms with Crippen LogP contribution in [0.1, 0.15) is 71.6 Å². The lowest BCUT2D eigenvalue weighted by Crippen LogP contribution is -2.58. The molecule has 196 valence electrons. The van der Waals surface area contributed by atoms with Crippen LogP contribution in [0.25, 0.3) is 10.9 Å². The molecular weight excluding hydrogens is 472 g/mol. The van der Waals surface area contributed by atoms with Gasteiger partial charge in [0.25, 0.3) is 0 Å². The van der Waals surface area contributed by atoms with Crippen LogP contribution in [0.4, 0.5) is 0 Å². The Morgan fingerprint density at radius 1 is 1.14 bits per heavy atom. The van der Waals surface area contributed by atoms with E-state index in [4.69, 9.17) is 16.3 Å². The van der Waals surface area contributed by atoms with Gasteiger partial charge in [0.1, 0.15) is 0 Å². The third kappa shape index (κ3) is 3.87. The third-order valence-corrected chi connectivity index (χ3v) is 11.5. The number of halogens is 1. The molecule has 1 aromatic heterocycles. The lowest BCUT2D eigenvalue weighted by molar-refractivity contribution is -0.175. The number of benzene rings is 1. The Balaban J connectivity index is 1.22. The Morgan fingerprint density at radius 2 is 1.97 bits per heavy atom. The standard InChI is InChI=1S/C30H41ClN2O3/c1-28(35)12-13-30(18-36-3)20(15-28)4-6-22-23-7-8-25(29(23,2)11-10-24(22)30)27(34)17-33-16-19-14-21(31)5-9-26(19)32-33/h5,9,14,16,20,22-25,35H,4,6-8,10-13,15,17-18H2,1-3H3/t20-,22-,23-,24-,25+,28+,29-,30+/m0/s1. The minimum absolute atomic E-state index is 0.0788. The van der Waals surface area contributed by atoms with Gasteiger partial charge in [-0.2, -0.15) is 5.10 Å². The predicted molar refractivity (Wildman–Crippen MR) is 142 cm³/mol. The number of aliphatic hydroxyl groups is 1. The van der Waals surface area contributed by atoms with Gasteiger partial charge >= 0.3 is 0 Å². The number of hydrogen-bond acceptors (Lipinski definition) is 4. The van der Waals surface area contributed by atoms with Gasteiger partial charge in [0.05, 0.1) is 24.3 Å². The Kier molecular flexibility index (Phi) is 6.09. The number of carbonyl (C=O) groups is 1. The fourth-order valence-corrected chi connectivity index (χ4v) is 9.89. The van der Waals surface area contributed by atoms with Crippen molar-refractivity contribution in [2.75, 3.05) is 13.7 Å². The van der Waals surface area contributed by atoms with Gasteiger partial charge in [-0.1, -0.05) is 18.5 Å². The molecule has 4 fully saturated rings.